The number of rotatable bonds is 11. The van der Waals surface area contributed by atoms with Crippen LogP contribution in [0.2, 0.25) is 0 Å². The molecule has 0 aliphatic carbocycles. The number of aryl methyl sites for hydroxylation is 2. The second kappa shape index (κ2) is 11.0. The summed E-state index contributed by atoms with van der Waals surface area (Å²) < 4.78 is 10.3. The van der Waals surface area contributed by atoms with E-state index < -0.39 is 0 Å². The van der Waals surface area contributed by atoms with Gasteiger partial charge >= 0.3 is 0 Å². The second-order valence-electron chi connectivity index (χ2n) is 6.00. The third-order valence-corrected chi connectivity index (χ3v) is 4.76. The molecular formula is C19H27N3O3S. The van der Waals surface area contributed by atoms with Gasteiger partial charge in [0.2, 0.25) is 5.91 Å². The number of anilines is 1. The third kappa shape index (κ3) is 7.21. The standard InChI is InChI=1S/C19H27N3O3S/c1-14(23)21-19-22-17(13-26-19)9-8-15-4-6-16(7-5-15)10-11-20-12-18(24-2)25-3/h4-7,13,18,20H,8-12H2,1-3H3,(H,21,22,23). The van der Waals surface area contributed by atoms with Gasteiger partial charge in [-0.3, -0.25) is 4.79 Å². The number of nitrogens with one attached hydrogen (secondary N) is 2. The Hall–Kier alpha value is -1.80. The van der Waals surface area contributed by atoms with Crippen molar-refractivity contribution >= 4 is 22.4 Å². The van der Waals surface area contributed by atoms with Crippen molar-refractivity contribution in [3.63, 3.8) is 0 Å². The Balaban J connectivity index is 1.71. The van der Waals surface area contributed by atoms with E-state index in [2.05, 4.69) is 39.9 Å². The van der Waals surface area contributed by atoms with Crippen molar-refractivity contribution in [3.05, 3.63) is 46.5 Å². The van der Waals surface area contributed by atoms with Crippen LogP contribution in [-0.4, -0.2) is 44.5 Å². The van der Waals surface area contributed by atoms with Gasteiger partial charge in [-0.25, -0.2) is 4.98 Å². The smallest absolute Gasteiger partial charge is 0.223 e. The van der Waals surface area contributed by atoms with Gasteiger partial charge in [0, 0.05) is 33.1 Å². The van der Waals surface area contributed by atoms with Crippen molar-refractivity contribution in [1.82, 2.24) is 10.3 Å². The number of carbonyl (C=O) groups is 1. The fourth-order valence-corrected chi connectivity index (χ4v) is 3.28. The highest BCUT2D eigenvalue weighted by molar-refractivity contribution is 7.13. The maximum atomic E-state index is 11.0. The minimum absolute atomic E-state index is 0.0871. The van der Waals surface area contributed by atoms with Gasteiger partial charge in [0.15, 0.2) is 11.4 Å². The van der Waals surface area contributed by atoms with E-state index in [4.69, 9.17) is 9.47 Å². The van der Waals surface area contributed by atoms with Crippen LogP contribution in [0.4, 0.5) is 5.13 Å². The molecule has 0 aliphatic rings. The summed E-state index contributed by atoms with van der Waals surface area (Å²) in [7, 11) is 3.28. The summed E-state index contributed by atoms with van der Waals surface area (Å²) in [5, 5.41) is 8.71. The highest BCUT2D eigenvalue weighted by Crippen LogP contribution is 2.17. The SMILES string of the molecule is COC(CNCCc1ccc(CCc2csc(NC(C)=O)n2)cc1)OC. The highest BCUT2D eigenvalue weighted by atomic mass is 32.1. The van der Waals surface area contributed by atoms with E-state index in [1.165, 1.54) is 29.4 Å². The highest BCUT2D eigenvalue weighted by Gasteiger charge is 2.05. The van der Waals surface area contributed by atoms with E-state index in [0.29, 0.717) is 11.7 Å². The first-order valence-corrected chi connectivity index (χ1v) is 9.54. The van der Waals surface area contributed by atoms with Crippen LogP contribution in [-0.2, 0) is 33.5 Å². The lowest BCUT2D eigenvalue weighted by atomic mass is 10.0. The van der Waals surface area contributed by atoms with Crippen LogP contribution in [0.5, 0.6) is 0 Å². The van der Waals surface area contributed by atoms with E-state index in [1.54, 1.807) is 14.2 Å². The quantitative estimate of drug-likeness (QED) is 0.465. The molecule has 0 spiro atoms. The Morgan fingerprint density at radius 3 is 2.38 bits per heavy atom. The van der Waals surface area contributed by atoms with Gasteiger partial charge in [-0.2, -0.15) is 0 Å². The molecule has 0 unspecified atom stereocenters. The Morgan fingerprint density at radius 2 is 1.77 bits per heavy atom. The van der Waals surface area contributed by atoms with Gasteiger partial charge in [-0.1, -0.05) is 24.3 Å². The molecule has 2 rings (SSSR count). The number of benzene rings is 1. The molecule has 0 saturated heterocycles. The molecule has 0 atom stereocenters. The number of nitrogens with zero attached hydrogens (tertiary/aromatic N) is 1. The molecule has 7 heteroatoms. The zero-order valence-corrected chi connectivity index (χ0v) is 16.4. The van der Waals surface area contributed by atoms with Crippen molar-refractivity contribution in [2.45, 2.75) is 32.5 Å². The maximum Gasteiger partial charge on any atom is 0.223 e. The number of aromatic nitrogens is 1. The van der Waals surface area contributed by atoms with Crippen molar-refractivity contribution in [2.24, 2.45) is 0 Å². The summed E-state index contributed by atoms with van der Waals surface area (Å²) in [4.78, 5) is 15.4. The molecule has 0 bridgehead atoms. The Bertz CT molecular complexity index is 669. The summed E-state index contributed by atoms with van der Waals surface area (Å²) in [5.41, 5.74) is 3.60. The molecule has 1 heterocycles. The van der Waals surface area contributed by atoms with Crippen LogP contribution in [0.1, 0.15) is 23.7 Å². The van der Waals surface area contributed by atoms with E-state index in [9.17, 15) is 4.79 Å². The lowest BCUT2D eigenvalue weighted by Gasteiger charge is -2.14. The van der Waals surface area contributed by atoms with Crippen molar-refractivity contribution in [3.8, 4) is 0 Å². The zero-order chi connectivity index (χ0) is 18.8. The maximum absolute atomic E-state index is 11.0. The fourth-order valence-electron chi connectivity index (χ4n) is 2.49. The average molecular weight is 378 g/mol. The van der Waals surface area contributed by atoms with Crippen LogP contribution in [0.3, 0.4) is 0 Å². The molecule has 26 heavy (non-hydrogen) atoms. The second-order valence-corrected chi connectivity index (χ2v) is 6.85. The summed E-state index contributed by atoms with van der Waals surface area (Å²) >= 11 is 1.46. The lowest BCUT2D eigenvalue weighted by Crippen LogP contribution is -2.31. The largest absolute Gasteiger partial charge is 0.355 e. The number of hydrogen-bond acceptors (Lipinski definition) is 6. The predicted octanol–water partition coefficient (Wildman–Crippen LogP) is 2.64. The van der Waals surface area contributed by atoms with Crippen molar-refractivity contribution in [2.75, 3.05) is 32.6 Å². The van der Waals surface area contributed by atoms with Crippen LogP contribution in [0.25, 0.3) is 0 Å². The fraction of sp³-hybridized carbons (Fsp3) is 0.474. The zero-order valence-electron chi connectivity index (χ0n) is 15.6. The van der Waals surface area contributed by atoms with Gasteiger partial charge < -0.3 is 20.1 Å². The normalized spacial score (nSPS) is 11.1. The molecule has 0 saturated carbocycles. The van der Waals surface area contributed by atoms with Crippen molar-refractivity contribution < 1.29 is 14.3 Å². The topological polar surface area (TPSA) is 72.5 Å². The monoisotopic (exact) mass is 377 g/mol. The molecule has 142 valence electrons. The number of hydrogen-bond donors (Lipinski definition) is 2. The van der Waals surface area contributed by atoms with Crippen LogP contribution in [0, 0.1) is 0 Å². The minimum atomic E-state index is -0.200. The molecule has 2 N–H and O–H groups in total. The van der Waals surface area contributed by atoms with Crippen LogP contribution >= 0.6 is 11.3 Å². The Labute approximate surface area is 158 Å². The first-order valence-electron chi connectivity index (χ1n) is 8.67. The predicted molar refractivity (Wildman–Crippen MR) is 105 cm³/mol. The van der Waals surface area contributed by atoms with E-state index >= 15 is 0 Å². The third-order valence-electron chi connectivity index (χ3n) is 3.95. The van der Waals surface area contributed by atoms with Gasteiger partial charge in [0.25, 0.3) is 0 Å². The Kier molecular flexibility index (Phi) is 8.70. The molecule has 0 radical (unpaired) electrons. The molecule has 0 aliphatic heterocycles. The number of amides is 1. The van der Waals surface area contributed by atoms with Gasteiger partial charge in [-0.05, 0) is 36.9 Å². The lowest BCUT2D eigenvalue weighted by molar-refractivity contribution is -0.114. The molecule has 0 fully saturated rings. The first kappa shape index (κ1) is 20.5. The minimum Gasteiger partial charge on any atom is -0.355 e. The summed E-state index contributed by atoms with van der Waals surface area (Å²) in [5.74, 6) is -0.0871. The van der Waals surface area contributed by atoms with E-state index in [0.717, 1.165) is 31.5 Å². The van der Waals surface area contributed by atoms with Gasteiger partial charge in [0.1, 0.15) is 0 Å². The number of thiazole rings is 1. The van der Waals surface area contributed by atoms with Gasteiger partial charge in [-0.15, -0.1) is 11.3 Å². The van der Waals surface area contributed by atoms with Crippen LogP contribution < -0.4 is 10.6 Å². The van der Waals surface area contributed by atoms with E-state index in [1.807, 2.05) is 5.38 Å². The molecule has 1 amide bonds. The molecule has 6 nitrogen and oxygen atoms in total. The first-order chi connectivity index (χ1) is 12.6. The molecule has 2 aromatic rings. The van der Waals surface area contributed by atoms with Crippen molar-refractivity contribution in [1.29, 1.82) is 0 Å². The molecule has 1 aromatic heterocycles. The Morgan fingerprint density at radius 1 is 1.12 bits per heavy atom. The summed E-state index contributed by atoms with van der Waals surface area (Å²) in [6.07, 6.45) is 2.57. The summed E-state index contributed by atoms with van der Waals surface area (Å²) in [6.45, 7) is 3.05. The molecular weight excluding hydrogens is 350 g/mol. The molecule has 1 aromatic carbocycles. The summed E-state index contributed by atoms with van der Waals surface area (Å²) in [6, 6.07) is 8.68. The average Bonchev–Trinajstić information content (AvgIpc) is 3.08. The van der Waals surface area contributed by atoms with Gasteiger partial charge in [0.05, 0.1) is 5.69 Å². The van der Waals surface area contributed by atoms with E-state index in [-0.39, 0.29) is 12.2 Å². The number of methoxy groups -OCH3 is 2. The van der Waals surface area contributed by atoms with Crippen LogP contribution in [0.15, 0.2) is 29.6 Å². The number of ether oxygens (including phenoxy) is 2. The number of carbonyl (C=O) groups excluding carboxylic acids is 1.